The van der Waals surface area contributed by atoms with Gasteiger partial charge in [-0.1, -0.05) is 20.8 Å². The van der Waals surface area contributed by atoms with Crippen molar-refractivity contribution in [1.29, 1.82) is 0 Å². The first-order valence-corrected chi connectivity index (χ1v) is 6.98. The Morgan fingerprint density at radius 1 is 1.35 bits per heavy atom. The van der Waals surface area contributed by atoms with Crippen LogP contribution in [0, 0.1) is 12.8 Å². The van der Waals surface area contributed by atoms with Crippen LogP contribution < -0.4 is 5.32 Å². The van der Waals surface area contributed by atoms with E-state index in [4.69, 9.17) is 0 Å². The zero-order valence-corrected chi connectivity index (χ0v) is 12.8. The molecule has 0 radical (unpaired) electrons. The fraction of sp³-hybridized carbons (Fsp3) is 0.600. The number of aliphatic hydroxyl groups is 1. The van der Waals surface area contributed by atoms with Crippen LogP contribution >= 0.6 is 0 Å². The second-order valence-electron chi connectivity index (χ2n) is 5.41. The average molecular weight is 280 g/mol. The van der Waals surface area contributed by atoms with Gasteiger partial charge in [0.05, 0.1) is 6.10 Å². The van der Waals surface area contributed by atoms with Crippen molar-refractivity contribution in [3.63, 3.8) is 0 Å². The number of amides is 1. The minimum atomic E-state index is -0.577. The fourth-order valence-electron chi connectivity index (χ4n) is 2.22. The lowest BCUT2D eigenvalue weighted by Crippen LogP contribution is -2.35. The Labute approximate surface area is 119 Å². The Morgan fingerprint density at radius 3 is 2.40 bits per heavy atom. The van der Waals surface area contributed by atoms with Gasteiger partial charge in [-0.25, -0.2) is 0 Å². The summed E-state index contributed by atoms with van der Waals surface area (Å²) in [5, 5.41) is 12.4. The maximum Gasteiger partial charge on any atom is 0.268 e. The lowest BCUT2D eigenvalue weighted by Gasteiger charge is -2.15. The molecule has 1 rings (SSSR count). The van der Waals surface area contributed by atoms with Gasteiger partial charge in [0.1, 0.15) is 5.69 Å². The molecule has 3 N–H and O–H groups in total. The molecule has 0 spiro atoms. The van der Waals surface area contributed by atoms with E-state index < -0.39 is 6.10 Å². The number of Topliss-reactive ketones (excluding diaryl/α,β-unsaturated/α-hetero) is 1. The predicted molar refractivity (Wildman–Crippen MR) is 78.1 cm³/mol. The predicted octanol–water partition coefficient (Wildman–Crippen LogP) is 1.83. The van der Waals surface area contributed by atoms with Crippen molar-refractivity contribution in [2.24, 2.45) is 5.92 Å². The second kappa shape index (κ2) is 6.70. The molecule has 20 heavy (non-hydrogen) atoms. The summed E-state index contributed by atoms with van der Waals surface area (Å²) in [4.78, 5) is 26.8. The number of aromatic nitrogens is 1. The van der Waals surface area contributed by atoms with Crippen molar-refractivity contribution in [3.05, 3.63) is 22.5 Å². The Hall–Kier alpha value is -1.62. The largest absolute Gasteiger partial charge is 0.391 e. The molecule has 1 heterocycles. The van der Waals surface area contributed by atoms with Gasteiger partial charge in [0, 0.05) is 17.8 Å². The highest BCUT2D eigenvalue weighted by molar-refractivity contribution is 6.02. The maximum absolute atomic E-state index is 12.2. The second-order valence-corrected chi connectivity index (χ2v) is 5.41. The van der Waals surface area contributed by atoms with Crippen LogP contribution in [-0.4, -0.2) is 34.4 Å². The van der Waals surface area contributed by atoms with Gasteiger partial charge in [0.2, 0.25) is 0 Å². The molecule has 0 bridgehead atoms. The molecule has 0 aliphatic rings. The van der Waals surface area contributed by atoms with Gasteiger partial charge in [-0.3, -0.25) is 9.59 Å². The third kappa shape index (κ3) is 3.48. The average Bonchev–Trinajstić information content (AvgIpc) is 2.72. The van der Waals surface area contributed by atoms with E-state index in [9.17, 15) is 14.7 Å². The summed E-state index contributed by atoms with van der Waals surface area (Å²) in [5.41, 5.74) is 2.48. The van der Waals surface area contributed by atoms with Crippen molar-refractivity contribution in [3.8, 4) is 0 Å². The van der Waals surface area contributed by atoms with Gasteiger partial charge < -0.3 is 15.4 Å². The number of nitrogens with one attached hydrogen (secondary N) is 2. The molecule has 0 saturated heterocycles. The molecular formula is C15H24N2O3. The molecule has 1 unspecified atom stereocenters. The van der Waals surface area contributed by atoms with Crippen molar-refractivity contribution >= 4 is 11.7 Å². The first-order chi connectivity index (χ1) is 9.29. The van der Waals surface area contributed by atoms with E-state index in [0.29, 0.717) is 23.4 Å². The number of hydrogen-bond acceptors (Lipinski definition) is 3. The smallest absolute Gasteiger partial charge is 0.268 e. The van der Waals surface area contributed by atoms with Crippen LogP contribution in [0.25, 0.3) is 0 Å². The zero-order chi connectivity index (χ0) is 15.4. The summed E-state index contributed by atoms with van der Waals surface area (Å²) in [6.45, 7) is 9.18. The highest BCUT2D eigenvalue weighted by atomic mass is 16.3. The van der Waals surface area contributed by atoms with Crippen LogP contribution in [0.5, 0.6) is 0 Å². The summed E-state index contributed by atoms with van der Waals surface area (Å²) in [6.07, 6.45) is 0.0294. The van der Waals surface area contributed by atoms with E-state index >= 15 is 0 Å². The summed E-state index contributed by atoms with van der Waals surface area (Å²) in [5.74, 6) is -0.242. The summed E-state index contributed by atoms with van der Waals surface area (Å²) < 4.78 is 0. The normalized spacial score (nSPS) is 12.6. The third-order valence-corrected chi connectivity index (χ3v) is 3.47. The van der Waals surface area contributed by atoms with E-state index in [1.165, 1.54) is 6.92 Å². The maximum atomic E-state index is 12.2. The quantitative estimate of drug-likeness (QED) is 0.695. The van der Waals surface area contributed by atoms with Crippen LogP contribution in [0.4, 0.5) is 0 Å². The molecule has 0 fully saturated rings. The summed E-state index contributed by atoms with van der Waals surface area (Å²) in [6, 6.07) is 0. The number of rotatable bonds is 6. The Balaban J connectivity index is 2.94. The monoisotopic (exact) mass is 280 g/mol. The number of aryl methyl sites for hydroxylation is 1. The van der Waals surface area contributed by atoms with Gasteiger partial charge in [0.25, 0.3) is 5.91 Å². The topological polar surface area (TPSA) is 82.2 Å². The first kappa shape index (κ1) is 16.4. The molecule has 112 valence electrons. The van der Waals surface area contributed by atoms with E-state index in [0.717, 1.165) is 5.56 Å². The zero-order valence-electron chi connectivity index (χ0n) is 12.8. The number of aromatic amines is 1. The highest BCUT2D eigenvalue weighted by Crippen LogP contribution is 2.20. The fourth-order valence-corrected chi connectivity index (χ4v) is 2.22. The molecular weight excluding hydrogens is 256 g/mol. The van der Waals surface area contributed by atoms with Crippen LogP contribution in [0.1, 0.15) is 59.8 Å². The van der Waals surface area contributed by atoms with E-state index in [2.05, 4.69) is 10.3 Å². The summed E-state index contributed by atoms with van der Waals surface area (Å²) >= 11 is 0. The van der Waals surface area contributed by atoms with Crippen LogP contribution in [0.15, 0.2) is 0 Å². The number of H-pyrrole nitrogens is 1. The van der Waals surface area contributed by atoms with Crippen molar-refractivity contribution in [2.45, 2.75) is 47.1 Å². The van der Waals surface area contributed by atoms with Gasteiger partial charge in [-0.15, -0.1) is 0 Å². The van der Waals surface area contributed by atoms with Crippen molar-refractivity contribution < 1.29 is 14.7 Å². The van der Waals surface area contributed by atoms with Crippen LogP contribution in [-0.2, 0) is 6.42 Å². The minimum absolute atomic E-state index is 0.0446. The molecule has 0 saturated carbocycles. The lowest BCUT2D eigenvalue weighted by molar-refractivity contribution is 0.0866. The molecule has 0 aliphatic heterocycles. The SMILES string of the molecule is CCc1c(C(=O)NCC(O)C(C)C)[nH]c(C)c1C(C)=O. The Bertz CT molecular complexity index is 503. The van der Waals surface area contributed by atoms with Gasteiger partial charge in [-0.05, 0) is 31.7 Å². The number of aliphatic hydroxyl groups excluding tert-OH is 1. The van der Waals surface area contributed by atoms with Gasteiger partial charge >= 0.3 is 0 Å². The van der Waals surface area contributed by atoms with Crippen LogP contribution in [0.3, 0.4) is 0 Å². The molecule has 5 nitrogen and oxygen atoms in total. The molecule has 1 atom stereocenters. The van der Waals surface area contributed by atoms with Crippen molar-refractivity contribution in [2.75, 3.05) is 6.54 Å². The minimum Gasteiger partial charge on any atom is -0.391 e. The number of hydrogen-bond donors (Lipinski definition) is 3. The molecule has 1 aromatic rings. The highest BCUT2D eigenvalue weighted by Gasteiger charge is 2.22. The number of carbonyl (C=O) groups is 2. The molecule has 0 aromatic carbocycles. The first-order valence-electron chi connectivity index (χ1n) is 6.98. The van der Waals surface area contributed by atoms with Gasteiger partial charge in [-0.2, -0.15) is 0 Å². The van der Waals surface area contributed by atoms with Gasteiger partial charge in [0.15, 0.2) is 5.78 Å². The van der Waals surface area contributed by atoms with Crippen LogP contribution in [0.2, 0.25) is 0 Å². The molecule has 5 heteroatoms. The Kier molecular flexibility index (Phi) is 5.51. The third-order valence-electron chi connectivity index (χ3n) is 3.47. The standard InChI is InChI=1S/C15H24N2O3/c1-6-11-13(10(5)18)9(4)17-14(11)15(20)16-7-12(19)8(2)3/h8,12,17,19H,6-7H2,1-5H3,(H,16,20). The number of carbonyl (C=O) groups excluding carboxylic acids is 2. The van der Waals surface area contributed by atoms with Crippen molar-refractivity contribution in [1.82, 2.24) is 10.3 Å². The summed E-state index contributed by atoms with van der Waals surface area (Å²) in [7, 11) is 0. The number of ketones is 1. The lowest BCUT2D eigenvalue weighted by atomic mass is 10.0. The van der Waals surface area contributed by atoms with E-state index in [1.807, 2.05) is 20.8 Å². The van der Waals surface area contributed by atoms with E-state index in [-0.39, 0.29) is 24.2 Å². The molecule has 1 amide bonds. The van der Waals surface area contributed by atoms with E-state index in [1.54, 1.807) is 6.92 Å². The molecule has 0 aliphatic carbocycles. The Morgan fingerprint density at radius 2 is 1.95 bits per heavy atom. The molecule has 1 aromatic heterocycles.